The summed E-state index contributed by atoms with van der Waals surface area (Å²) in [4.78, 5) is 11.9. The van der Waals surface area contributed by atoms with E-state index < -0.39 is 0 Å². The van der Waals surface area contributed by atoms with Crippen molar-refractivity contribution >= 4 is 34.7 Å². The van der Waals surface area contributed by atoms with Crippen LogP contribution in [0.25, 0.3) is 23.1 Å². The van der Waals surface area contributed by atoms with Gasteiger partial charge in [0, 0.05) is 11.1 Å². The van der Waals surface area contributed by atoms with Gasteiger partial charge in [0.25, 0.3) is 0 Å². The van der Waals surface area contributed by atoms with Gasteiger partial charge >= 0.3 is 0 Å². The summed E-state index contributed by atoms with van der Waals surface area (Å²) in [5, 5.41) is 1.29. The maximum absolute atomic E-state index is 11.9. The number of benzene rings is 2. The summed E-state index contributed by atoms with van der Waals surface area (Å²) in [7, 11) is 0. The molecule has 0 fully saturated rings. The van der Waals surface area contributed by atoms with Crippen molar-refractivity contribution in [1.29, 1.82) is 0 Å². The maximum atomic E-state index is 11.9. The van der Waals surface area contributed by atoms with Gasteiger partial charge in [-0.1, -0.05) is 41.9 Å². The molecule has 2 aromatic carbocycles. The summed E-state index contributed by atoms with van der Waals surface area (Å²) < 4.78 is 5.68. The van der Waals surface area contributed by atoms with E-state index in [9.17, 15) is 4.79 Å². The molecule has 1 aromatic heterocycles. The average molecular weight is 283 g/mol. The molecule has 0 N–H and O–H groups in total. The van der Waals surface area contributed by atoms with Crippen molar-refractivity contribution in [3.05, 3.63) is 81.2 Å². The van der Waals surface area contributed by atoms with Crippen LogP contribution in [0, 0.1) is 0 Å². The summed E-state index contributed by atoms with van der Waals surface area (Å²) in [5.74, 6) is 0.531. The lowest BCUT2D eigenvalue weighted by Crippen LogP contribution is -1.99. The molecule has 20 heavy (non-hydrogen) atoms. The fraction of sp³-hybridized carbons (Fsp3) is 0. The highest BCUT2D eigenvalue weighted by molar-refractivity contribution is 6.30. The standard InChI is InChI=1S/C17H11ClO2/c18-13-8-5-12(6-9-13)7-10-14-11-16(19)15-3-1-2-4-17(15)20-14/h1-11H/b10-7+. The number of fused-ring (bicyclic) bond motifs is 1. The average Bonchev–Trinajstić information content (AvgIpc) is 2.47. The molecule has 0 amide bonds. The SMILES string of the molecule is O=c1cc(/C=C/c2ccc(Cl)cc2)oc2ccccc12. The molecule has 0 saturated heterocycles. The van der Waals surface area contributed by atoms with E-state index in [1.165, 1.54) is 6.07 Å². The van der Waals surface area contributed by atoms with Gasteiger partial charge in [-0.2, -0.15) is 0 Å². The zero-order valence-corrected chi connectivity index (χ0v) is 11.3. The molecule has 3 aromatic rings. The Labute approximate surface area is 120 Å². The summed E-state index contributed by atoms with van der Waals surface area (Å²) in [6.45, 7) is 0. The molecule has 3 heteroatoms. The number of para-hydroxylation sites is 1. The van der Waals surface area contributed by atoms with Crippen molar-refractivity contribution in [3.8, 4) is 0 Å². The van der Waals surface area contributed by atoms with Gasteiger partial charge in [-0.3, -0.25) is 4.79 Å². The fourth-order valence-corrected chi connectivity index (χ4v) is 2.08. The highest BCUT2D eigenvalue weighted by atomic mass is 35.5. The Balaban J connectivity index is 1.98. The Morgan fingerprint density at radius 1 is 0.950 bits per heavy atom. The Morgan fingerprint density at radius 3 is 2.50 bits per heavy atom. The molecule has 3 rings (SSSR count). The van der Waals surface area contributed by atoms with Crippen LogP contribution in [-0.4, -0.2) is 0 Å². The Hall–Kier alpha value is -2.32. The lowest BCUT2D eigenvalue weighted by Gasteiger charge is -1.98. The summed E-state index contributed by atoms with van der Waals surface area (Å²) in [5.41, 5.74) is 1.54. The zero-order chi connectivity index (χ0) is 13.9. The molecule has 0 aliphatic rings. The normalized spacial score (nSPS) is 11.2. The monoisotopic (exact) mass is 282 g/mol. The van der Waals surface area contributed by atoms with Gasteiger partial charge in [-0.15, -0.1) is 0 Å². The first-order chi connectivity index (χ1) is 9.72. The highest BCUT2D eigenvalue weighted by Crippen LogP contribution is 2.15. The quantitative estimate of drug-likeness (QED) is 0.687. The van der Waals surface area contributed by atoms with Gasteiger partial charge in [0.2, 0.25) is 0 Å². The van der Waals surface area contributed by atoms with Crippen molar-refractivity contribution in [2.75, 3.05) is 0 Å². The topological polar surface area (TPSA) is 30.2 Å². The van der Waals surface area contributed by atoms with Gasteiger partial charge in [-0.25, -0.2) is 0 Å². The minimum absolute atomic E-state index is 0.0393. The molecule has 0 bridgehead atoms. The van der Waals surface area contributed by atoms with Crippen LogP contribution in [0.4, 0.5) is 0 Å². The minimum atomic E-state index is -0.0393. The maximum Gasteiger partial charge on any atom is 0.193 e. The lowest BCUT2D eigenvalue weighted by molar-refractivity contribution is 0.591. The van der Waals surface area contributed by atoms with Gasteiger partial charge in [0.05, 0.1) is 5.39 Å². The second-order valence-electron chi connectivity index (χ2n) is 4.39. The molecule has 0 atom stereocenters. The third-order valence-corrected chi connectivity index (χ3v) is 3.22. The summed E-state index contributed by atoms with van der Waals surface area (Å²) in [6, 6.07) is 16.1. The van der Waals surface area contributed by atoms with Crippen LogP contribution in [0.15, 0.2) is 63.8 Å². The van der Waals surface area contributed by atoms with Crippen LogP contribution >= 0.6 is 11.6 Å². The van der Waals surface area contributed by atoms with Crippen molar-refractivity contribution in [1.82, 2.24) is 0 Å². The molecule has 0 spiro atoms. The Bertz CT molecular complexity index is 829. The van der Waals surface area contributed by atoms with E-state index >= 15 is 0 Å². The van der Waals surface area contributed by atoms with E-state index in [1.807, 2.05) is 42.5 Å². The van der Waals surface area contributed by atoms with Crippen LogP contribution in [0.5, 0.6) is 0 Å². The molecule has 0 aliphatic heterocycles. The molecule has 0 unspecified atom stereocenters. The van der Waals surface area contributed by atoms with E-state index in [0.717, 1.165) is 5.56 Å². The smallest absolute Gasteiger partial charge is 0.193 e. The predicted molar refractivity (Wildman–Crippen MR) is 82.9 cm³/mol. The first-order valence-electron chi connectivity index (χ1n) is 6.19. The second-order valence-corrected chi connectivity index (χ2v) is 4.83. The zero-order valence-electron chi connectivity index (χ0n) is 10.5. The molecule has 98 valence electrons. The molecule has 0 radical (unpaired) electrons. The minimum Gasteiger partial charge on any atom is -0.456 e. The van der Waals surface area contributed by atoms with E-state index in [4.69, 9.17) is 16.0 Å². The molecule has 2 nitrogen and oxygen atoms in total. The number of rotatable bonds is 2. The van der Waals surface area contributed by atoms with Crippen LogP contribution in [0.1, 0.15) is 11.3 Å². The van der Waals surface area contributed by atoms with Gasteiger partial charge in [0.1, 0.15) is 11.3 Å². The van der Waals surface area contributed by atoms with Gasteiger partial charge < -0.3 is 4.42 Å². The van der Waals surface area contributed by atoms with Crippen LogP contribution in [0.2, 0.25) is 5.02 Å². The van der Waals surface area contributed by atoms with E-state index in [1.54, 1.807) is 18.2 Å². The van der Waals surface area contributed by atoms with E-state index in [-0.39, 0.29) is 5.43 Å². The lowest BCUT2D eigenvalue weighted by atomic mass is 10.2. The third-order valence-electron chi connectivity index (χ3n) is 2.96. The van der Waals surface area contributed by atoms with E-state index in [2.05, 4.69) is 0 Å². The summed E-state index contributed by atoms with van der Waals surface area (Å²) >= 11 is 5.83. The first-order valence-corrected chi connectivity index (χ1v) is 6.57. The fourth-order valence-electron chi connectivity index (χ4n) is 1.96. The Kier molecular flexibility index (Phi) is 3.40. The van der Waals surface area contributed by atoms with Crippen molar-refractivity contribution in [2.45, 2.75) is 0 Å². The number of hydrogen-bond acceptors (Lipinski definition) is 2. The highest BCUT2D eigenvalue weighted by Gasteiger charge is 2.01. The molecule has 0 aliphatic carbocycles. The van der Waals surface area contributed by atoms with Crippen LogP contribution < -0.4 is 5.43 Å². The number of halogens is 1. The van der Waals surface area contributed by atoms with Gasteiger partial charge in [-0.05, 0) is 35.9 Å². The molecule has 0 saturated carbocycles. The van der Waals surface area contributed by atoms with Crippen LogP contribution in [0.3, 0.4) is 0 Å². The van der Waals surface area contributed by atoms with Crippen molar-refractivity contribution in [3.63, 3.8) is 0 Å². The molecular weight excluding hydrogens is 272 g/mol. The largest absolute Gasteiger partial charge is 0.456 e. The van der Waals surface area contributed by atoms with Crippen molar-refractivity contribution in [2.24, 2.45) is 0 Å². The number of hydrogen-bond donors (Lipinski definition) is 0. The van der Waals surface area contributed by atoms with Gasteiger partial charge in [0.15, 0.2) is 5.43 Å². The second kappa shape index (κ2) is 5.35. The van der Waals surface area contributed by atoms with Crippen LogP contribution in [-0.2, 0) is 0 Å². The summed E-state index contributed by atoms with van der Waals surface area (Å²) in [6.07, 6.45) is 3.65. The third kappa shape index (κ3) is 2.65. The first kappa shape index (κ1) is 12.7. The molecule has 1 heterocycles. The Morgan fingerprint density at radius 2 is 1.70 bits per heavy atom. The molecular formula is C17H11ClO2. The van der Waals surface area contributed by atoms with E-state index in [0.29, 0.717) is 21.8 Å². The van der Waals surface area contributed by atoms with Crippen molar-refractivity contribution < 1.29 is 4.42 Å². The predicted octanol–water partition coefficient (Wildman–Crippen LogP) is 4.62.